The second kappa shape index (κ2) is 26.5. The summed E-state index contributed by atoms with van der Waals surface area (Å²) in [6.45, 7) is -2.03. The van der Waals surface area contributed by atoms with Gasteiger partial charge in [-0.3, -0.25) is 49.2 Å². The van der Waals surface area contributed by atoms with E-state index in [0.29, 0.717) is 15.2 Å². The molecular formula is C41H57N7O14. The molecule has 0 atom stereocenters. The molecule has 0 unspecified atom stereocenters. The number of hydrogen-bond acceptors (Lipinski definition) is 14. The van der Waals surface area contributed by atoms with Crippen molar-refractivity contribution < 1.29 is 68.1 Å². The third-order valence-electron chi connectivity index (χ3n) is 9.27. The van der Waals surface area contributed by atoms with E-state index in [2.05, 4.69) is 27.3 Å². The molecule has 0 heterocycles. The maximum atomic E-state index is 13.1. The van der Waals surface area contributed by atoms with Gasteiger partial charge in [-0.2, -0.15) is 0 Å². The first kappa shape index (κ1) is 50.5. The largest absolute Gasteiger partial charge is 0.380 e. The summed E-state index contributed by atoms with van der Waals surface area (Å²) in [5.41, 5.74) is -0.177. The van der Waals surface area contributed by atoms with E-state index in [9.17, 15) is 49.2 Å². The molecule has 340 valence electrons. The number of fused-ring (bicyclic) bond motifs is 2. The summed E-state index contributed by atoms with van der Waals surface area (Å²) in [5.74, 6) is -4.09. The lowest BCUT2D eigenvalue weighted by Gasteiger charge is -2.33. The topological polar surface area (TPSA) is 275 Å². The minimum atomic E-state index is -1.15. The Labute approximate surface area is 358 Å². The average molecular weight is 872 g/mol. The molecule has 7 N–H and O–H groups in total. The molecule has 0 saturated heterocycles. The Balaban J connectivity index is 1.68. The first-order valence-electron chi connectivity index (χ1n) is 19.7. The van der Waals surface area contributed by atoms with E-state index < -0.39 is 60.5 Å². The Morgan fingerprint density at radius 1 is 0.500 bits per heavy atom. The van der Waals surface area contributed by atoms with Crippen LogP contribution in [0.1, 0.15) is 31.2 Å². The molecule has 0 spiro atoms. The molecule has 3 aromatic rings. The zero-order valence-corrected chi connectivity index (χ0v) is 35.2. The molecule has 0 aliphatic rings. The molecule has 0 fully saturated rings. The van der Waals surface area contributed by atoms with Crippen molar-refractivity contribution in [2.24, 2.45) is 5.41 Å². The number of ether oxygens (including phenoxy) is 4. The lowest BCUT2D eigenvalue weighted by Crippen LogP contribution is -2.43. The van der Waals surface area contributed by atoms with Gasteiger partial charge < -0.3 is 40.2 Å². The molecule has 0 radical (unpaired) electrons. The smallest absolute Gasteiger partial charge is 0.265 e. The van der Waals surface area contributed by atoms with Gasteiger partial charge in [-0.1, -0.05) is 48.5 Å². The van der Waals surface area contributed by atoms with E-state index in [1.54, 1.807) is 0 Å². The Kier molecular flexibility index (Phi) is 21.6. The van der Waals surface area contributed by atoms with Crippen molar-refractivity contribution in [2.75, 3.05) is 93.6 Å². The van der Waals surface area contributed by atoms with Crippen molar-refractivity contribution in [3.05, 3.63) is 60.2 Å². The van der Waals surface area contributed by atoms with Gasteiger partial charge in [0.05, 0.1) is 77.9 Å². The second-order valence-electron chi connectivity index (χ2n) is 14.4. The molecule has 21 heteroatoms. The summed E-state index contributed by atoms with van der Waals surface area (Å²) in [6.07, 6.45) is -0.529. The van der Waals surface area contributed by atoms with Crippen LogP contribution in [0.2, 0.25) is 0 Å². The first-order chi connectivity index (χ1) is 29.6. The lowest BCUT2D eigenvalue weighted by molar-refractivity contribution is -0.158. The third kappa shape index (κ3) is 18.0. The van der Waals surface area contributed by atoms with Gasteiger partial charge in [0.15, 0.2) is 0 Å². The van der Waals surface area contributed by atoms with Crippen LogP contribution in [0.4, 0.5) is 0 Å². The fraction of sp³-hybridized carbons (Fsp3) is 0.488. The molecule has 21 nitrogen and oxygen atoms in total. The summed E-state index contributed by atoms with van der Waals surface area (Å²) in [6, 6.07) is 18.0. The Bertz CT molecular complexity index is 1820. The number of hydrogen-bond donors (Lipinski definition) is 7. The predicted molar refractivity (Wildman–Crippen MR) is 220 cm³/mol. The van der Waals surface area contributed by atoms with Crippen molar-refractivity contribution in [1.82, 2.24) is 36.5 Å². The maximum Gasteiger partial charge on any atom is 0.265 e. The SMILES string of the molecule is CN(O)C(=O)CNC(=O)CCOCC(COCCC(=O)NCC(=O)N(C)O)(COCCC(=O)NCC(=O)N(C)O)COCCC(=O)NCc1c2ccccc2cc2ccccc12. The minimum absolute atomic E-state index is 0.0207. The Hall–Kier alpha value is -5.81. The van der Waals surface area contributed by atoms with Crippen LogP contribution in [-0.2, 0) is 59.1 Å². The van der Waals surface area contributed by atoms with Gasteiger partial charge in [-0.05, 0) is 33.2 Å². The summed E-state index contributed by atoms with van der Waals surface area (Å²) in [4.78, 5) is 85.2. The number of carbonyl (C=O) groups is 7. The van der Waals surface area contributed by atoms with Gasteiger partial charge >= 0.3 is 0 Å². The molecule has 3 rings (SSSR count). The van der Waals surface area contributed by atoms with Crippen LogP contribution in [0.15, 0.2) is 54.6 Å². The number of hydroxylamine groups is 6. The Morgan fingerprint density at radius 3 is 1.13 bits per heavy atom. The van der Waals surface area contributed by atoms with Crippen LogP contribution < -0.4 is 21.3 Å². The maximum absolute atomic E-state index is 13.1. The summed E-state index contributed by atoms with van der Waals surface area (Å²) in [7, 11) is 3.36. The van der Waals surface area contributed by atoms with Crippen molar-refractivity contribution in [3.8, 4) is 0 Å². The van der Waals surface area contributed by atoms with Crippen LogP contribution in [0.25, 0.3) is 21.5 Å². The number of nitrogens with zero attached hydrogens (tertiary/aromatic N) is 3. The van der Waals surface area contributed by atoms with Crippen LogP contribution in [0, 0.1) is 5.41 Å². The zero-order valence-electron chi connectivity index (χ0n) is 35.2. The van der Waals surface area contributed by atoms with Crippen molar-refractivity contribution in [2.45, 2.75) is 32.2 Å². The van der Waals surface area contributed by atoms with E-state index in [-0.39, 0.29) is 91.0 Å². The van der Waals surface area contributed by atoms with Gasteiger partial charge in [0.25, 0.3) is 17.7 Å². The van der Waals surface area contributed by atoms with E-state index in [0.717, 1.165) is 48.3 Å². The molecule has 0 aromatic heterocycles. The van der Waals surface area contributed by atoms with Gasteiger partial charge in [0.1, 0.15) is 0 Å². The number of amides is 7. The average Bonchev–Trinajstić information content (AvgIpc) is 3.25. The van der Waals surface area contributed by atoms with Crippen LogP contribution >= 0.6 is 0 Å². The molecule has 0 saturated carbocycles. The lowest BCUT2D eigenvalue weighted by atomic mass is 9.92. The van der Waals surface area contributed by atoms with Gasteiger partial charge in [-0.25, -0.2) is 15.2 Å². The number of rotatable bonds is 28. The van der Waals surface area contributed by atoms with Crippen LogP contribution in [0.3, 0.4) is 0 Å². The summed E-state index contributed by atoms with van der Waals surface area (Å²) in [5, 5.41) is 42.9. The van der Waals surface area contributed by atoms with E-state index in [4.69, 9.17) is 18.9 Å². The predicted octanol–water partition coefficient (Wildman–Crippen LogP) is 0.114. The fourth-order valence-electron chi connectivity index (χ4n) is 5.77. The van der Waals surface area contributed by atoms with Gasteiger partial charge in [-0.15, -0.1) is 0 Å². The summed E-state index contributed by atoms with van der Waals surface area (Å²) < 4.78 is 23.7. The highest BCUT2D eigenvalue weighted by molar-refractivity contribution is 6.02. The van der Waals surface area contributed by atoms with E-state index in [1.165, 1.54) is 0 Å². The molecule has 7 amide bonds. The summed E-state index contributed by atoms with van der Waals surface area (Å²) >= 11 is 0. The number of carbonyl (C=O) groups excluding carboxylic acids is 7. The monoisotopic (exact) mass is 871 g/mol. The first-order valence-corrected chi connectivity index (χ1v) is 19.7. The van der Waals surface area contributed by atoms with Gasteiger partial charge in [0.2, 0.25) is 23.6 Å². The molecule has 0 bridgehead atoms. The third-order valence-corrected chi connectivity index (χ3v) is 9.27. The zero-order chi connectivity index (χ0) is 45.5. The number of likely N-dealkylation sites (N-methyl/N-ethyl adjacent to an activating group) is 3. The molecule has 62 heavy (non-hydrogen) atoms. The van der Waals surface area contributed by atoms with Crippen molar-refractivity contribution in [1.29, 1.82) is 0 Å². The second-order valence-corrected chi connectivity index (χ2v) is 14.4. The highest BCUT2D eigenvalue weighted by atomic mass is 16.5. The molecule has 0 aliphatic heterocycles. The number of nitrogens with one attached hydrogen (secondary N) is 4. The van der Waals surface area contributed by atoms with Crippen molar-refractivity contribution >= 4 is 62.9 Å². The van der Waals surface area contributed by atoms with E-state index >= 15 is 0 Å². The van der Waals surface area contributed by atoms with Crippen LogP contribution in [-0.4, -0.2) is 166 Å². The molecule has 0 aliphatic carbocycles. The standard InChI is InChI=1S/C41H57N7O14/c1-46(56)38(53)22-43-35(50)13-17-60-26-41(27-61-18-14-36(51)44-23-39(54)47(2)57,28-62-19-15-37(52)45-24-40(55)48(3)58)25-59-16-12-34(49)42-21-33-31-10-6-4-8-29(31)20-30-9-5-7-11-32(30)33/h4-11,20,56-58H,12-19,21-28H2,1-3H3,(H,42,49)(H,43,50)(H,44,51)(H,45,52). The fourth-order valence-corrected chi connectivity index (χ4v) is 5.77. The number of benzene rings is 3. The van der Waals surface area contributed by atoms with Crippen LogP contribution in [0.5, 0.6) is 0 Å². The highest BCUT2D eigenvalue weighted by Gasteiger charge is 2.33. The van der Waals surface area contributed by atoms with Gasteiger partial charge in [0, 0.05) is 53.4 Å². The Morgan fingerprint density at radius 2 is 0.806 bits per heavy atom. The highest BCUT2D eigenvalue weighted by Crippen LogP contribution is 2.28. The normalized spacial score (nSPS) is 11.2. The molecule has 3 aromatic carbocycles. The molecular weight excluding hydrogens is 814 g/mol. The minimum Gasteiger partial charge on any atom is -0.380 e. The van der Waals surface area contributed by atoms with Crippen molar-refractivity contribution in [3.63, 3.8) is 0 Å². The van der Waals surface area contributed by atoms with E-state index in [1.807, 2.05) is 48.5 Å². The quantitative estimate of drug-likeness (QED) is 0.0221.